The molecule has 1 saturated carbocycles. The minimum absolute atomic E-state index is 0.159. The Morgan fingerprint density at radius 2 is 1.37 bits per heavy atom. The Morgan fingerprint density at radius 1 is 0.857 bits per heavy atom. The van der Waals surface area contributed by atoms with Crippen molar-refractivity contribution < 1.29 is 14.4 Å². The molecule has 1 saturated heterocycles. The summed E-state index contributed by atoms with van der Waals surface area (Å²) in [7, 11) is 0. The largest absolute Gasteiger partial charge is 0.322 e. The number of fused-ring (bicyclic) bond motifs is 5. The van der Waals surface area contributed by atoms with Crippen molar-refractivity contribution in [2.75, 3.05) is 10.2 Å². The molecule has 4 atom stereocenters. The quantitative estimate of drug-likeness (QED) is 0.304. The van der Waals surface area contributed by atoms with Gasteiger partial charge in [0.05, 0.1) is 27.6 Å². The molecule has 2 fully saturated rings. The normalized spacial score (nSPS) is 30.8. The minimum atomic E-state index is -2.00. The molecule has 5 rings (SSSR count). The molecule has 3 amide bonds. The maximum absolute atomic E-state index is 13.4. The highest BCUT2D eigenvalue weighted by molar-refractivity contribution is 6.67. The highest BCUT2D eigenvalue weighted by Crippen LogP contribution is 2.77. The third-order valence-electron chi connectivity index (χ3n) is 6.74. The maximum atomic E-state index is 13.4. The van der Waals surface area contributed by atoms with Gasteiger partial charge in [0, 0.05) is 16.3 Å². The van der Waals surface area contributed by atoms with E-state index in [0.29, 0.717) is 16.3 Å². The molecule has 2 bridgehead atoms. The summed E-state index contributed by atoms with van der Waals surface area (Å²) >= 11 is 45.1. The molecular weight excluding hydrogens is 600 g/mol. The van der Waals surface area contributed by atoms with Crippen molar-refractivity contribution in [1.29, 1.82) is 0 Å². The van der Waals surface area contributed by atoms with Crippen molar-refractivity contribution >= 4 is 110 Å². The van der Waals surface area contributed by atoms with Gasteiger partial charge in [0.2, 0.25) is 11.8 Å². The van der Waals surface area contributed by atoms with Crippen LogP contribution in [0.3, 0.4) is 0 Å². The number of carbonyl (C=O) groups is 3. The number of allylic oxidation sites excluding steroid dienone is 2. The predicted molar refractivity (Wildman–Crippen MR) is 140 cm³/mol. The van der Waals surface area contributed by atoms with Gasteiger partial charge in [0.1, 0.15) is 9.75 Å². The maximum Gasteiger partial charge on any atom is 0.255 e. The SMILES string of the molecule is Cc1ccc(Cl)cc1NC(=O)c1ccc(N2C(=O)[C@@H]3[C@@H](C2=O)[C@@]2(Cl)C(Cl)=C(Cl)[C@@]3(Cl)C2(Cl)Cl)cc1. The van der Waals surface area contributed by atoms with Crippen molar-refractivity contribution in [2.45, 2.75) is 21.0 Å². The summed E-state index contributed by atoms with van der Waals surface area (Å²) in [6.45, 7) is 1.83. The van der Waals surface area contributed by atoms with E-state index in [1.54, 1.807) is 18.2 Å². The molecule has 0 radical (unpaired) electrons. The number of nitrogens with one attached hydrogen (secondary N) is 1. The van der Waals surface area contributed by atoms with E-state index >= 15 is 0 Å². The zero-order valence-electron chi connectivity index (χ0n) is 17.5. The van der Waals surface area contributed by atoms with E-state index in [9.17, 15) is 14.4 Å². The molecular formula is C23H13Cl7N2O3. The Hall–Kier alpha value is -1.18. The average molecular weight is 614 g/mol. The molecule has 2 aromatic carbocycles. The smallest absolute Gasteiger partial charge is 0.255 e. The molecule has 0 spiro atoms. The highest BCUT2D eigenvalue weighted by Gasteiger charge is 2.87. The summed E-state index contributed by atoms with van der Waals surface area (Å²) in [4.78, 5) is 36.8. The van der Waals surface area contributed by atoms with E-state index in [1.807, 2.05) is 6.92 Å². The van der Waals surface area contributed by atoms with Crippen molar-refractivity contribution in [2.24, 2.45) is 11.8 Å². The number of alkyl halides is 4. The monoisotopic (exact) mass is 610 g/mol. The molecule has 2 aliphatic carbocycles. The Kier molecular flexibility index (Phi) is 5.94. The predicted octanol–water partition coefficient (Wildman–Crippen LogP) is 6.85. The number of rotatable bonds is 3. The van der Waals surface area contributed by atoms with Crippen LogP contribution in [0.5, 0.6) is 0 Å². The molecule has 1 aliphatic heterocycles. The van der Waals surface area contributed by atoms with Gasteiger partial charge < -0.3 is 5.32 Å². The Morgan fingerprint density at radius 3 is 1.89 bits per heavy atom. The van der Waals surface area contributed by atoms with Crippen LogP contribution >= 0.6 is 81.2 Å². The number of anilines is 2. The number of hydrogen-bond acceptors (Lipinski definition) is 3. The molecule has 2 aromatic rings. The van der Waals surface area contributed by atoms with Gasteiger partial charge >= 0.3 is 0 Å². The number of carbonyl (C=O) groups excluding carboxylic acids is 3. The minimum Gasteiger partial charge on any atom is -0.322 e. The van der Waals surface area contributed by atoms with Gasteiger partial charge in [0.15, 0.2) is 4.33 Å². The van der Waals surface area contributed by atoms with Crippen LogP contribution in [-0.4, -0.2) is 31.8 Å². The first kappa shape index (κ1) is 25.5. The molecule has 1 N–H and O–H groups in total. The number of hydrogen-bond donors (Lipinski definition) is 1. The lowest BCUT2D eigenvalue weighted by Gasteiger charge is -2.34. The van der Waals surface area contributed by atoms with Crippen LogP contribution in [0.4, 0.5) is 11.4 Å². The highest BCUT2D eigenvalue weighted by atomic mass is 35.5. The third kappa shape index (κ3) is 3.13. The molecule has 0 unspecified atom stereocenters. The summed E-state index contributed by atoms with van der Waals surface area (Å²) in [5, 5.41) is 2.95. The van der Waals surface area contributed by atoms with E-state index in [0.717, 1.165) is 10.5 Å². The van der Waals surface area contributed by atoms with Crippen molar-refractivity contribution in [3.63, 3.8) is 0 Å². The zero-order chi connectivity index (χ0) is 25.7. The molecule has 5 nitrogen and oxygen atoms in total. The first-order valence-corrected chi connectivity index (χ1v) is 12.8. The molecule has 35 heavy (non-hydrogen) atoms. The van der Waals surface area contributed by atoms with Gasteiger partial charge in [0.25, 0.3) is 5.91 Å². The van der Waals surface area contributed by atoms with Crippen molar-refractivity contribution in [3.05, 3.63) is 68.7 Å². The number of amides is 3. The number of halogens is 7. The van der Waals surface area contributed by atoms with Crippen LogP contribution in [0.1, 0.15) is 15.9 Å². The Labute approximate surface area is 235 Å². The topological polar surface area (TPSA) is 66.5 Å². The van der Waals surface area contributed by atoms with Crippen LogP contribution < -0.4 is 10.2 Å². The lowest BCUT2D eigenvalue weighted by molar-refractivity contribution is -0.123. The summed E-state index contributed by atoms with van der Waals surface area (Å²) in [5.41, 5.74) is 1.90. The first-order chi connectivity index (χ1) is 16.3. The van der Waals surface area contributed by atoms with Crippen LogP contribution in [0.2, 0.25) is 5.02 Å². The number of benzene rings is 2. The second kappa shape index (κ2) is 8.16. The van der Waals surface area contributed by atoms with Gasteiger partial charge in [-0.15, -0.1) is 23.2 Å². The van der Waals surface area contributed by atoms with E-state index in [-0.39, 0.29) is 15.8 Å². The molecule has 1 heterocycles. The molecule has 182 valence electrons. The fourth-order valence-electron chi connectivity index (χ4n) is 4.93. The van der Waals surface area contributed by atoms with E-state index < -0.39 is 43.6 Å². The second-order valence-corrected chi connectivity index (χ2v) is 12.3. The van der Waals surface area contributed by atoms with Crippen molar-refractivity contribution in [1.82, 2.24) is 0 Å². The van der Waals surface area contributed by atoms with Gasteiger partial charge in [-0.25, -0.2) is 4.90 Å². The van der Waals surface area contributed by atoms with Crippen LogP contribution in [-0.2, 0) is 9.59 Å². The lowest BCUT2D eigenvalue weighted by atomic mass is 9.84. The standard InChI is InChI=1S/C23H13Cl7N2O3/c1-9-2-5-11(24)8-13(9)31-18(33)10-3-6-12(7-4-10)32-19(34)14-15(20(32)35)22(28)17(26)16(25)21(14,27)23(22,29)30/h2-8,14-15H,1H3,(H,31,33)/t14-,15-,21+,22+/m0/s1. The average Bonchev–Trinajstić information content (AvgIpc) is 3.20. The lowest BCUT2D eigenvalue weighted by Crippen LogP contribution is -2.50. The van der Waals surface area contributed by atoms with Crippen molar-refractivity contribution in [3.8, 4) is 0 Å². The van der Waals surface area contributed by atoms with E-state index in [4.69, 9.17) is 81.2 Å². The Balaban J connectivity index is 1.44. The van der Waals surface area contributed by atoms with E-state index in [2.05, 4.69) is 5.32 Å². The first-order valence-electron chi connectivity index (χ1n) is 10.2. The summed E-state index contributed by atoms with van der Waals surface area (Å²) < 4.78 is -2.00. The number of aryl methyl sites for hydroxylation is 1. The summed E-state index contributed by atoms with van der Waals surface area (Å²) in [5.74, 6) is -4.19. The van der Waals surface area contributed by atoms with Gasteiger partial charge in [-0.05, 0) is 48.9 Å². The Bertz CT molecular complexity index is 1310. The van der Waals surface area contributed by atoms with Gasteiger partial charge in [-0.3, -0.25) is 14.4 Å². The number of nitrogens with zero attached hydrogens (tertiary/aromatic N) is 1. The fraction of sp³-hybridized carbons (Fsp3) is 0.261. The summed E-state index contributed by atoms with van der Waals surface area (Å²) in [6, 6.07) is 11.0. The van der Waals surface area contributed by atoms with Crippen LogP contribution in [0.25, 0.3) is 0 Å². The number of imide groups is 1. The molecule has 3 aliphatic rings. The fourth-order valence-corrected chi connectivity index (χ4v) is 8.04. The van der Waals surface area contributed by atoms with E-state index in [1.165, 1.54) is 24.3 Å². The second-order valence-electron chi connectivity index (χ2n) is 8.55. The molecule has 0 aromatic heterocycles. The van der Waals surface area contributed by atoms with Gasteiger partial charge in [-0.1, -0.05) is 64.1 Å². The van der Waals surface area contributed by atoms with Gasteiger partial charge in [-0.2, -0.15) is 0 Å². The van der Waals surface area contributed by atoms with Crippen LogP contribution in [0, 0.1) is 18.8 Å². The third-order valence-corrected chi connectivity index (χ3v) is 11.2. The van der Waals surface area contributed by atoms with Crippen LogP contribution in [0.15, 0.2) is 52.5 Å². The molecule has 12 heteroatoms. The summed E-state index contributed by atoms with van der Waals surface area (Å²) in [6.07, 6.45) is 0. The zero-order valence-corrected chi connectivity index (χ0v) is 22.8.